The molecule has 0 aliphatic carbocycles. The molecule has 3 rings (SSSR count). The lowest BCUT2D eigenvalue weighted by molar-refractivity contribution is -0.911. The molecule has 0 N–H and O–H groups in total. The molecule has 0 bridgehead atoms. The number of likely N-dealkylation sites (N-methyl/N-ethyl adjacent to an activating group) is 1. The van der Waals surface area contributed by atoms with E-state index in [1.165, 1.54) is 47.0 Å². The predicted molar refractivity (Wildman–Crippen MR) is 110 cm³/mol. The molecule has 0 saturated carbocycles. The molecule has 0 saturated heterocycles. The van der Waals surface area contributed by atoms with E-state index in [2.05, 4.69) is 81.4 Å². The zero-order valence-corrected chi connectivity index (χ0v) is 16.9. The van der Waals surface area contributed by atoms with Gasteiger partial charge < -0.3 is 9.38 Å². The molecule has 3 heteroatoms. The number of fused-ring (bicyclic) bond motifs is 2. The van der Waals surface area contributed by atoms with E-state index in [-0.39, 0.29) is 0 Å². The number of quaternary nitrogens is 1. The van der Waals surface area contributed by atoms with Gasteiger partial charge in [0.25, 0.3) is 0 Å². The first-order valence-electron chi connectivity index (χ1n) is 9.49. The lowest BCUT2D eigenvalue weighted by Gasteiger charge is -2.41. The van der Waals surface area contributed by atoms with Gasteiger partial charge in [0.2, 0.25) is 0 Å². The van der Waals surface area contributed by atoms with Crippen LogP contribution < -0.4 is 4.90 Å². The molecular formula is C22H31N2S+. The average molecular weight is 356 g/mol. The number of anilines is 2. The highest BCUT2D eigenvalue weighted by Crippen LogP contribution is 2.47. The fourth-order valence-electron chi connectivity index (χ4n) is 3.45. The Labute approximate surface area is 157 Å². The number of benzene rings is 2. The zero-order chi connectivity index (χ0) is 17.9. The Hall–Kier alpha value is -1.45. The normalized spacial score (nSPS) is 14.8. The Kier molecular flexibility index (Phi) is 5.75. The summed E-state index contributed by atoms with van der Waals surface area (Å²) in [5, 5.41) is 0. The molecule has 1 unspecified atom stereocenters. The van der Waals surface area contributed by atoms with Gasteiger partial charge in [-0.1, -0.05) is 49.4 Å². The van der Waals surface area contributed by atoms with Crippen LogP contribution in [-0.2, 0) is 0 Å². The van der Waals surface area contributed by atoms with Crippen LogP contribution >= 0.6 is 11.8 Å². The maximum atomic E-state index is 2.53. The molecular weight excluding hydrogens is 324 g/mol. The molecule has 2 aromatic rings. The van der Waals surface area contributed by atoms with Crippen molar-refractivity contribution in [3.05, 3.63) is 48.5 Å². The second-order valence-corrected chi connectivity index (χ2v) is 8.79. The molecule has 0 radical (unpaired) electrons. The highest BCUT2D eigenvalue weighted by atomic mass is 32.2. The van der Waals surface area contributed by atoms with Crippen LogP contribution in [0.3, 0.4) is 0 Å². The highest BCUT2D eigenvalue weighted by molar-refractivity contribution is 7.99. The van der Waals surface area contributed by atoms with Crippen LogP contribution in [0.2, 0.25) is 0 Å². The summed E-state index contributed by atoms with van der Waals surface area (Å²) in [7, 11) is 4.77. The predicted octanol–water partition coefficient (Wildman–Crippen LogP) is 5.94. The zero-order valence-electron chi connectivity index (χ0n) is 16.0. The maximum absolute atomic E-state index is 2.53. The fraction of sp³-hybridized carbons (Fsp3) is 0.455. The Morgan fingerprint density at radius 2 is 1.48 bits per heavy atom. The number of hydrogen-bond donors (Lipinski definition) is 0. The lowest BCUT2D eigenvalue weighted by atomic mass is 10.1. The van der Waals surface area contributed by atoms with Crippen molar-refractivity contribution in [1.82, 2.24) is 0 Å². The summed E-state index contributed by atoms with van der Waals surface area (Å²) < 4.78 is 1.08. The minimum Gasteiger partial charge on any atom is -0.334 e. The molecule has 2 aromatic carbocycles. The van der Waals surface area contributed by atoms with Crippen LogP contribution in [-0.4, -0.2) is 37.7 Å². The Bertz CT molecular complexity index is 665. The van der Waals surface area contributed by atoms with Crippen LogP contribution in [0.4, 0.5) is 11.4 Å². The van der Waals surface area contributed by atoms with E-state index in [4.69, 9.17) is 0 Å². The molecule has 2 nitrogen and oxygen atoms in total. The third kappa shape index (κ3) is 4.04. The van der Waals surface area contributed by atoms with Crippen LogP contribution in [0.15, 0.2) is 58.3 Å². The van der Waals surface area contributed by atoms with Gasteiger partial charge in [-0.3, -0.25) is 0 Å². The minimum atomic E-state index is 0.570. The van der Waals surface area contributed by atoms with Gasteiger partial charge >= 0.3 is 0 Å². The summed E-state index contributed by atoms with van der Waals surface area (Å²) in [6.45, 7) is 6.98. The van der Waals surface area contributed by atoms with E-state index in [1.54, 1.807) is 0 Å². The van der Waals surface area contributed by atoms with Crippen molar-refractivity contribution in [2.24, 2.45) is 0 Å². The molecule has 25 heavy (non-hydrogen) atoms. The van der Waals surface area contributed by atoms with Crippen molar-refractivity contribution in [2.45, 2.75) is 48.9 Å². The monoisotopic (exact) mass is 355 g/mol. The van der Waals surface area contributed by atoms with E-state index >= 15 is 0 Å². The smallest absolute Gasteiger partial charge is 0.104 e. The summed E-state index contributed by atoms with van der Waals surface area (Å²) in [5.74, 6) is 0. The largest absolute Gasteiger partial charge is 0.334 e. The van der Waals surface area contributed by atoms with E-state index in [1.807, 2.05) is 11.8 Å². The summed E-state index contributed by atoms with van der Waals surface area (Å²) in [4.78, 5) is 5.26. The van der Waals surface area contributed by atoms with Gasteiger partial charge in [0, 0.05) is 9.79 Å². The van der Waals surface area contributed by atoms with Crippen LogP contribution in [0, 0.1) is 0 Å². The molecule has 0 aromatic heterocycles. The molecule has 0 spiro atoms. The van der Waals surface area contributed by atoms with E-state index < -0.39 is 0 Å². The van der Waals surface area contributed by atoms with E-state index in [0.29, 0.717) is 6.04 Å². The molecule has 1 atom stereocenters. The fourth-order valence-corrected chi connectivity index (χ4v) is 4.55. The third-order valence-electron chi connectivity index (χ3n) is 5.51. The lowest BCUT2D eigenvalue weighted by Crippen LogP contribution is -2.52. The molecule has 0 fully saturated rings. The van der Waals surface area contributed by atoms with Crippen LogP contribution in [0.25, 0.3) is 0 Å². The van der Waals surface area contributed by atoms with Gasteiger partial charge in [-0.2, -0.15) is 0 Å². The summed E-state index contributed by atoms with van der Waals surface area (Å²) in [6, 6.07) is 18.2. The van der Waals surface area contributed by atoms with Gasteiger partial charge in [-0.05, 0) is 44.0 Å². The van der Waals surface area contributed by atoms with Gasteiger partial charge in [0.05, 0.1) is 38.6 Å². The van der Waals surface area contributed by atoms with Crippen LogP contribution in [0.1, 0.15) is 33.1 Å². The summed E-state index contributed by atoms with van der Waals surface area (Å²) in [5.41, 5.74) is 2.71. The second-order valence-electron chi connectivity index (χ2n) is 7.71. The Morgan fingerprint density at radius 1 is 0.920 bits per heavy atom. The van der Waals surface area contributed by atoms with Crippen molar-refractivity contribution in [3.63, 3.8) is 0 Å². The SMILES string of the molecule is CCCCC[N+](C)(C)C(C)CN1c2ccccc2Sc2ccccc21. The molecule has 1 heterocycles. The molecule has 0 amide bonds. The number of para-hydroxylation sites is 2. The van der Waals surface area contributed by atoms with E-state index in [0.717, 1.165) is 11.0 Å². The average Bonchev–Trinajstić information content (AvgIpc) is 2.61. The number of nitrogens with zero attached hydrogens (tertiary/aromatic N) is 2. The van der Waals surface area contributed by atoms with Gasteiger partial charge in [0.1, 0.15) is 6.04 Å². The van der Waals surface area contributed by atoms with Crippen molar-refractivity contribution in [1.29, 1.82) is 0 Å². The first kappa shape index (κ1) is 18.3. The van der Waals surface area contributed by atoms with Crippen molar-refractivity contribution >= 4 is 23.1 Å². The summed E-state index contributed by atoms with van der Waals surface area (Å²) in [6.07, 6.45) is 3.94. The molecule has 1 aliphatic rings. The highest BCUT2D eigenvalue weighted by Gasteiger charge is 2.30. The van der Waals surface area contributed by atoms with Crippen molar-refractivity contribution < 1.29 is 4.48 Å². The Morgan fingerprint density at radius 3 is 2.04 bits per heavy atom. The van der Waals surface area contributed by atoms with Gasteiger partial charge in [-0.25, -0.2) is 0 Å². The summed E-state index contributed by atoms with van der Waals surface area (Å²) >= 11 is 1.89. The number of rotatable bonds is 7. The quantitative estimate of drug-likeness (QED) is 0.446. The Balaban J connectivity index is 1.84. The van der Waals surface area contributed by atoms with Gasteiger partial charge in [-0.15, -0.1) is 0 Å². The first-order valence-corrected chi connectivity index (χ1v) is 10.3. The third-order valence-corrected chi connectivity index (χ3v) is 6.64. The van der Waals surface area contributed by atoms with Crippen molar-refractivity contribution in [2.75, 3.05) is 32.1 Å². The minimum absolute atomic E-state index is 0.570. The maximum Gasteiger partial charge on any atom is 0.104 e. The first-order chi connectivity index (χ1) is 12.0. The standard InChI is InChI=1S/C22H31N2S/c1-5-6-11-16-24(3,4)18(2)17-23-19-12-7-9-14-21(19)25-22-15-10-8-13-20(22)23/h7-10,12-15,18H,5-6,11,16-17H2,1-4H3/q+1. The van der Waals surface area contributed by atoms with Crippen LogP contribution in [0.5, 0.6) is 0 Å². The molecule has 1 aliphatic heterocycles. The second kappa shape index (κ2) is 7.84. The number of unbranched alkanes of at least 4 members (excludes halogenated alkanes) is 2. The topological polar surface area (TPSA) is 3.24 Å². The number of hydrogen-bond acceptors (Lipinski definition) is 2. The van der Waals surface area contributed by atoms with Gasteiger partial charge in [0.15, 0.2) is 0 Å². The van der Waals surface area contributed by atoms with E-state index in [9.17, 15) is 0 Å². The van der Waals surface area contributed by atoms with Crippen molar-refractivity contribution in [3.8, 4) is 0 Å². The molecule has 134 valence electrons.